The number of hydrogen-bond acceptors (Lipinski definition) is 6. The number of carbonyl (C=O) groups excluding carboxylic acids is 1. The van der Waals surface area contributed by atoms with Crippen LogP contribution in [0.2, 0.25) is 0 Å². The predicted octanol–water partition coefficient (Wildman–Crippen LogP) is 4.91. The first-order valence-electron chi connectivity index (χ1n) is 9.63. The second-order valence-corrected chi connectivity index (χ2v) is 9.07. The third kappa shape index (κ3) is 4.05. The Labute approximate surface area is 173 Å². The highest BCUT2D eigenvalue weighted by Crippen LogP contribution is 2.33. The molecule has 0 fully saturated rings. The molecule has 0 unspecified atom stereocenters. The van der Waals surface area contributed by atoms with E-state index in [-0.39, 0.29) is 41.1 Å². The van der Waals surface area contributed by atoms with Crippen LogP contribution >= 0.6 is 11.3 Å². The second kappa shape index (κ2) is 7.99. The topological polar surface area (TPSA) is 92.3 Å². The number of benzene rings is 1. The van der Waals surface area contributed by atoms with Gasteiger partial charge in [0.1, 0.15) is 28.6 Å². The molecule has 6 nitrogen and oxygen atoms in total. The van der Waals surface area contributed by atoms with E-state index in [1.807, 2.05) is 47.6 Å². The van der Waals surface area contributed by atoms with E-state index in [0.29, 0.717) is 15.8 Å². The lowest BCUT2D eigenvalue weighted by Crippen LogP contribution is -2.15. The number of hydrogen-bond donors (Lipinski definition) is 2. The molecule has 1 aromatic carbocycles. The van der Waals surface area contributed by atoms with Gasteiger partial charge in [-0.05, 0) is 48.4 Å². The summed E-state index contributed by atoms with van der Waals surface area (Å²) in [5, 5.41) is 11.2. The molecule has 2 heterocycles. The molecule has 0 aliphatic heterocycles. The van der Waals surface area contributed by atoms with E-state index < -0.39 is 5.97 Å². The zero-order valence-corrected chi connectivity index (χ0v) is 18.4. The van der Waals surface area contributed by atoms with Gasteiger partial charge < -0.3 is 14.8 Å². The van der Waals surface area contributed by atoms with Crippen molar-refractivity contribution in [2.24, 2.45) is 0 Å². The minimum Gasteiger partial charge on any atom is -0.507 e. The number of phenols is 1. The number of aryl methyl sites for hydroxylation is 2. The van der Waals surface area contributed by atoms with Gasteiger partial charge in [0, 0.05) is 4.88 Å². The summed E-state index contributed by atoms with van der Waals surface area (Å²) in [5.74, 6) is -0.166. The molecule has 3 rings (SSSR count). The molecule has 0 radical (unpaired) electrons. The SMILES string of the molecule is Cc1sc2nc(COC(=O)c3cc(C(C)C)cc(C(C)C)c3O)[nH]c(=O)c2c1C. The minimum atomic E-state index is -0.645. The Morgan fingerprint density at radius 2 is 1.90 bits per heavy atom. The first-order chi connectivity index (χ1) is 13.6. The predicted molar refractivity (Wildman–Crippen MR) is 115 cm³/mol. The van der Waals surface area contributed by atoms with Crippen molar-refractivity contribution in [3.05, 3.63) is 55.4 Å². The maximum absolute atomic E-state index is 12.7. The van der Waals surface area contributed by atoms with Crippen LogP contribution in [0.25, 0.3) is 10.2 Å². The molecular formula is C22H26N2O4S. The lowest BCUT2D eigenvalue weighted by atomic mass is 9.92. The van der Waals surface area contributed by atoms with Gasteiger partial charge in [-0.25, -0.2) is 9.78 Å². The van der Waals surface area contributed by atoms with Crippen LogP contribution in [0, 0.1) is 13.8 Å². The molecule has 2 N–H and O–H groups in total. The molecule has 29 heavy (non-hydrogen) atoms. The molecule has 0 spiro atoms. The number of fused-ring (bicyclic) bond motifs is 1. The number of rotatable bonds is 5. The van der Waals surface area contributed by atoms with E-state index >= 15 is 0 Å². The Morgan fingerprint density at radius 3 is 2.52 bits per heavy atom. The van der Waals surface area contributed by atoms with Gasteiger partial charge >= 0.3 is 5.97 Å². The highest BCUT2D eigenvalue weighted by atomic mass is 32.1. The van der Waals surface area contributed by atoms with Crippen LogP contribution in [0.5, 0.6) is 5.75 Å². The molecule has 0 bridgehead atoms. The van der Waals surface area contributed by atoms with Crippen LogP contribution in [-0.4, -0.2) is 21.0 Å². The van der Waals surface area contributed by atoms with E-state index in [1.54, 1.807) is 6.07 Å². The summed E-state index contributed by atoms with van der Waals surface area (Å²) in [4.78, 5) is 33.8. The number of carbonyl (C=O) groups is 1. The van der Waals surface area contributed by atoms with Crippen molar-refractivity contribution < 1.29 is 14.6 Å². The summed E-state index contributed by atoms with van der Waals surface area (Å²) in [6.07, 6.45) is 0. The zero-order valence-electron chi connectivity index (χ0n) is 17.5. The number of nitrogens with zero attached hydrogens (tertiary/aromatic N) is 1. The van der Waals surface area contributed by atoms with Crippen molar-refractivity contribution >= 4 is 27.5 Å². The number of H-pyrrole nitrogens is 1. The molecule has 0 atom stereocenters. The highest BCUT2D eigenvalue weighted by Gasteiger charge is 2.21. The maximum Gasteiger partial charge on any atom is 0.342 e. The van der Waals surface area contributed by atoms with Crippen LogP contribution in [0.3, 0.4) is 0 Å². The Morgan fingerprint density at radius 1 is 1.21 bits per heavy atom. The molecular weight excluding hydrogens is 388 g/mol. The first kappa shape index (κ1) is 21.0. The third-order valence-corrected chi connectivity index (χ3v) is 6.20. The number of ether oxygens (including phenoxy) is 1. The van der Waals surface area contributed by atoms with Crippen molar-refractivity contribution in [2.45, 2.75) is 60.0 Å². The Kier molecular flexibility index (Phi) is 5.80. The Hall–Kier alpha value is -2.67. The van der Waals surface area contributed by atoms with Crippen LogP contribution in [0.15, 0.2) is 16.9 Å². The summed E-state index contributed by atoms with van der Waals surface area (Å²) >= 11 is 1.44. The highest BCUT2D eigenvalue weighted by molar-refractivity contribution is 7.18. The average molecular weight is 415 g/mol. The Balaban J connectivity index is 1.89. The number of thiophene rings is 1. The smallest absolute Gasteiger partial charge is 0.342 e. The summed E-state index contributed by atoms with van der Waals surface area (Å²) in [6.45, 7) is 11.6. The number of aromatic amines is 1. The van der Waals surface area contributed by atoms with E-state index in [1.165, 1.54) is 11.3 Å². The van der Waals surface area contributed by atoms with Crippen molar-refractivity contribution in [3.8, 4) is 5.75 Å². The fraction of sp³-hybridized carbons (Fsp3) is 0.409. The number of aromatic nitrogens is 2. The normalized spacial score (nSPS) is 11.6. The third-order valence-electron chi connectivity index (χ3n) is 5.10. The number of phenolic OH excluding ortho intramolecular Hbond substituents is 1. The fourth-order valence-electron chi connectivity index (χ4n) is 3.19. The largest absolute Gasteiger partial charge is 0.507 e. The molecule has 0 saturated heterocycles. The molecule has 2 aromatic heterocycles. The Bertz CT molecular complexity index is 1140. The lowest BCUT2D eigenvalue weighted by molar-refractivity contribution is 0.0458. The summed E-state index contributed by atoms with van der Waals surface area (Å²) in [7, 11) is 0. The van der Waals surface area contributed by atoms with Gasteiger partial charge in [0.25, 0.3) is 5.56 Å². The fourth-order valence-corrected chi connectivity index (χ4v) is 4.24. The van der Waals surface area contributed by atoms with Crippen LogP contribution in [0.4, 0.5) is 0 Å². The average Bonchev–Trinajstić information content (AvgIpc) is 2.93. The van der Waals surface area contributed by atoms with E-state index in [4.69, 9.17) is 4.74 Å². The molecule has 0 saturated carbocycles. The monoisotopic (exact) mass is 414 g/mol. The number of aromatic hydroxyl groups is 1. The zero-order chi connectivity index (χ0) is 21.5. The summed E-state index contributed by atoms with van der Waals surface area (Å²) in [5.41, 5.74) is 2.47. The number of nitrogens with one attached hydrogen (secondary N) is 1. The van der Waals surface area contributed by atoms with Gasteiger partial charge in [-0.3, -0.25) is 4.79 Å². The van der Waals surface area contributed by atoms with Gasteiger partial charge in [0.05, 0.1) is 5.39 Å². The standard InChI is InChI=1S/C22H26N2O4S/c1-10(2)14-7-15(11(3)4)19(25)16(8-14)22(27)28-9-17-23-20(26)18-12(5)13(6)29-21(18)24-17/h7-8,10-11,25H,9H2,1-6H3,(H,23,24,26). The molecule has 3 aromatic rings. The van der Waals surface area contributed by atoms with Crippen LogP contribution in [0.1, 0.15) is 77.3 Å². The molecule has 0 aliphatic rings. The summed E-state index contributed by atoms with van der Waals surface area (Å²) in [6, 6.07) is 3.59. The van der Waals surface area contributed by atoms with E-state index in [2.05, 4.69) is 9.97 Å². The van der Waals surface area contributed by atoms with E-state index in [9.17, 15) is 14.7 Å². The van der Waals surface area contributed by atoms with Gasteiger partial charge in [-0.1, -0.05) is 33.8 Å². The quantitative estimate of drug-likeness (QED) is 0.579. The van der Waals surface area contributed by atoms with Crippen molar-refractivity contribution in [1.29, 1.82) is 0 Å². The van der Waals surface area contributed by atoms with Gasteiger partial charge in [0.15, 0.2) is 0 Å². The van der Waals surface area contributed by atoms with Crippen LogP contribution < -0.4 is 5.56 Å². The molecule has 0 aliphatic carbocycles. The molecule has 7 heteroatoms. The number of esters is 1. The van der Waals surface area contributed by atoms with Gasteiger partial charge in [-0.2, -0.15) is 0 Å². The van der Waals surface area contributed by atoms with Crippen molar-refractivity contribution in [1.82, 2.24) is 9.97 Å². The van der Waals surface area contributed by atoms with Gasteiger partial charge in [0.2, 0.25) is 0 Å². The summed E-state index contributed by atoms with van der Waals surface area (Å²) < 4.78 is 5.38. The van der Waals surface area contributed by atoms with Crippen LogP contribution in [-0.2, 0) is 11.3 Å². The molecule has 154 valence electrons. The maximum atomic E-state index is 12.7. The van der Waals surface area contributed by atoms with Crippen molar-refractivity contribution in [2.75, 3.05) is 0 Å². The lowest BCUT2D eigenvalue weighted by Gasteiger charge is -2.16. The minimum absolute atomic E-state index is 0.0594. The van der Waals surface area contributed by atoms with Crippen molar-refractivity contribution in [3.63, 3.8) is 0 Å². The first-order valence-corrected chi connectivity index (χ1v) is 10.4. The van der Waals surface area contributed by atoms with E-state index in [0.717, 1.165) is 16.0 Å². The van der Waals surface area contributed by atoms with Gasteiger partial charge in [-0.15, -0.1) is 11.3 Å². The second-order valence-electron chi connectivity index (χ2n) is 7.87. The molecule has 0 amide bonds.